The maximum Gasteiger partial charge on any atom is 0.0681 e. The van der Waals surface area contributed by atoms with Gasteiger partial charge in [-0.05, 0) is 48.6 Å². The minimum atomic E-state index is 1.04. The molecule has 0 saturated carbocycles. The molecule has 34 heavy (non-hydrogen) atoms. The predicted molar refractivity (Wildman–Crippen MR) is 151 cm³/mol. The molecule has 4 aromatic rings. The Morgan fingerprint density at radius 3 is 2.12 bits per heavy atom. The summed E-state index contributed by atoms with van der Waals surface area (Å²) >= 11 is 3.49. The molecule has 0 amide bonds. The molecule has 2 nitrogen and oxygen atoms in total. The lowest BCUT2D eigenvalue weighted by Gasteiger charge is -2.33. The molecule has 0 unspecified atom stereocenters. The van der Waals surface area contributed by atoms with Crippen molar-refractivity contribution in [2.75, 3.05) is 4.90 Å². The van der Waals surface area contributed by atoms with Crippen LogP contribution < -0.4 is 4.90 Å². The number of thioether (sulfide) groups is 2. The van der Waals surface area contributed by atoms with Gasteiger partial charge in [-0.1, -0.05) is 86.3 Å². The van der Waals surface area contributed by atoms with Gasteiger partial charge >= 0.3 is 0 Å². The average Bonchev–Trinajstić information content (AvgIpc) is 3.22. The Bertz CT molecular complexity index is 1630. The van der Waals surface area contributed by atoms with E-state index in [4.69, 9.17) is 0 Å². The first-order chi connectivity index (χ1) is 16.7. The Kier molecular flexibility index (Phi) is 4.94. The smallest absolute Gasteiger partial charge is 0.0681 e. The second kappa shape index (κ2) is 8.01. The van der Waals surface area contributed by atoms with Crippen molar-refractivity contribution in [1.29, 1.82) is 0 Å². The molecule has 2 aliphatic heterocycles. The van der Waals surface area contributed by atoms with E-state index in [1.165, 1.54) is 26.1 Å². The number of hydrogen-bond donors (Lipinski definition) is 0. The van der Waals surface area contributed by atoms with E-state index in [2.05, 4.69) is 96.4 Å². The zero-order valence-electron chi connectivity index (χ0n) is 18.6. The number of aromatic nitrogens is 1. The van der Waals surface area contributed by atoms with Gasteiger partial charge in [-0.25, -0.2) is 0 Å². The quantitative estimate of drug-likeness (QED) is 0.285. The second-order valence-corrected chi connectivity index (χ2v) is 10.2. The molecule has 164 valence electrons. The summed E-state index contributed by atoms with van der Waals surface area (Å²) in [6.45, 7) is 16.3. The van der Waals surface area contributed by atoms with Gasteiger partial charge in [0.2, 0.25) is 0 Å². The second-order valence-electron chi connectivity index (χ2n) is 8.01. The van der Waals surface area contributed by atoms with E-state index in [1.807, 2.05) is 24.3 Å². The van der Waals surface area contributed by atoms with E-state index in [9.17, 15) is 0 Å². The Morgan fingerprint density at radius 2 is 1.35 bits per heavy atom. The molecular weight excluding hydrogens is 452 g/mol. The number of anilines is 2. The summed E-state index contributed by atoms with van der Waals surface area (Å²) < 4.78 is 2.32. The van der Waals surface area contributed by atoms with Gasteiger partial charge < -0.3 is 9.47 Å². The van der Waals surface area contributed by atoms with E-state index in [0.29, 0.717) is 0 Å². The van der Waals surface area contributed by atoms with Crippen LogP contribution in [0.4, 0.5) is 11.4 Å². The summed E-state index contributed by atoms with van der Waals surface area (Å²) in [4.78, 5) is 6.94. The van der Waals surface area contributed by atoms with E-state index < -0.39 is 0 Å². The van der Waals surface area contributed by atoms with Crippen LogP contribution in [0.3, 0.4) is 0 Å². The molecular formula is C30H22N2S2. The molecule has 0 N–H and O–H groups in total. The average molecular weight is 475 g/mol. The van der Waals surface area contributed by atoms with Gasteiger partial charge in [0.15, 0.2) is 0 Å². The minimum absolute atomic E-state index is 1.04. The van der Waals surface area contributed by atoms with Crippen LogP contribution in [-0.4, -0.2) is 4.57 Å². The van der Waals surface area contributed by atoms with Crippen LogP contribution in [0.1, 0.15) is 0 Å². The third kappa shape index (κ3) is 2.86. The molecule has 1 aromatic heterocycles. The van der Waals surface area contributed by atoms with Crippen LogP contribution in [0.15, 0.2) is 137 Å². The number of para-hydroxylation sites is 2. The summed E-state index contributed by atoms with van der Waals surface area (Å²) in [6, 6.07) is 21.7. The molecule has 0 spiro atoms. The Morgan fingerprint density at radius 1 is 0.647 bits per heavy atom. The minimum Gasteiger partial charge on any atom is -0.308 e. The van der Waals surface area contributed by atoms with Gasteiger partial charge in [-0.2, -0.15) is 0 Å². The fraction of sp³-hybridized carbons (Fsp3) is 0. The lowest BCUT2D eigenvalue weighted by atomic mass is 10.1. The number of nitrogens with zero attached hydrogens (tertiary/aromatic N) is 2. The molecule has 3 heterocycles. The van der Waals surface area contributed by atoms with E-state index in [0.717, 1.165) is 38.1 Å². The lowest BCUT2D eigenvalue weighted by molar-refractivity contribution is 1.15. The highest BCUT2D eigenvalue weighted by Gasteiger charge is 2.27. The zero-order chi connectivity index (χ0) is 23.4. The Balaban J connectivity index is 1.67. The van der Waals surface area contributed by atoms with Crippen LogP contribution in [0, 0.1) is 0 Å². The molecule has 6 rings (SSSR count). The van der Waals surface area contributed by atoms with Crippen molar-refractivity contribution < 1.29 is 0 Å². The van der Waals surface area contributed by atoms with E-state index >= 15 is 0 Å². The molecule has 0 aliphatic carbocycles. The maximum atomic E-state index is 4.13. The van der Waals surface area contributed by atoms with Crippen molar-refractivity contribution in [3.05, 3.63) is 127 Å². The Hall–Kier alpha value is -3.60. The third-order valence-electron chi connectivity index (χ3n) is 6.28. The van der Waals surface area contributed by atoms with Crippen molar-refractivity contribution in [3.8, 4) is 0 Å². The van der Waals surface area contributed by atoms with E-state index in [1.54, 1.807) is 23.5 Å². The molecule has 0 atom stereocenters. The zero-order valence-corrected chi connectivity index (χ0v) is 20.3. The standard InChI is InChI=1S/C30H22N2S2/c1-5-22-26(7-3)33-28-14-10-9-13-25(28)31(22)19-16-17-24-21(18-19)20-12-11-15-29-30(20)32(24)23(6-2)27(8-4)34-29/h5-18H,1-4H2. The molecule has 0 radical (unpaired) electrons. The fourth-order valence-corrected chi connectivity index (χ4v) is 6.93. The fourth-order valence-electron chi connectivity index (χ4n) is 4.87. The Labute approximate surface area is 208 Å². The van der Waals surface area contributed by atoms with Gasteiger partial charge in [0.1, 0.15) is 0 Å². The number of rotatable bonds is 5. The van der Waals surface area contributed by atoms with Crippen molar-refractivity contribution >= 4 is 62.4 Å². The van der Waals surface area contributed by atoms with E-state index in [-0.39, 0.29) is 0 Å². The summed E-state index contributed by atoms with van der Waals surface area (Å²) in [6.07, 6.45) is 7.69. The normalized spacial score (nSPS) is 15.0. The number of hydrogen-bond acceptors (Lipinski definition) is 3. The van der Waals surface area contributed by atoms with Crippen molar-refractivity contribution in [2.45, 2.75) is 9.79 Å². The third-order valence-corrected chi connectivity index (χ3v) is 8.59. The largest absolute Gasteiger partial charge is 0.308 e. The first kappa shape index (κ1) is 21.0. The molecule has 2 aliphatic rings. The SMILES string of the molecule is C=CC1=C(C=C)N(c2ccc3c(c2)c2cccc4c2n3C(C=C)=C(C=C)S4)c2ccccc2S1. The van der Waals surface area contributed by atoms with Gasteiger partial charge in [0, 0.05) is 36.1 Å². The maximum absolute atomic E-state index is 4.13. The van der Waals surface area contributed by atoms with Gasteiger partial charge in [-0.3, -0.25) is 0 Å². The van der Waals surface area contributed by atoms with Crippen molar-refractivity contribution in [1.82, 2.24) is 4.57 Å². The number of benzene rings is 3. The molecule has 0 bridgehead atoms. The molecule has 0 fully saturated rings. The van der Waals surface area contributed by atoms with Crippen LogP contribution in [-0.2, 0) is 0 Å². The number of allylic oxidation sites excluding steroid dienone is 5. The monoisotopic (exact) mass is 474 g/mol. The molecule has 4 heteroatoms. The highest BCUT2D eigenvalue weighted by molar-refractivity contribution is 8.04. The van der Waals surface area contributed by atoms with Crippen LogP contribution in [0.25, 0.3) is 27.5 Å². The first-order valence-electron chi connectivity index (χ1n) is 11.0. The molecule has 3 aromatic carbocycles. The summed E-state index contributed by atoms with van der Waals surface area (Å²) in [7, 11) is 0. The van der Waals surface area contributed by atoms with Gasteiger partial charge in [0.25, 0.3) is 0 Å². The molecule has 0 saturated heterocycles. The number of fused-ring (bicyclic) bond motifs is 4. The van der Waals surface area contributed by atoms with Crippen LogP contribution in [0.5, 0.6) is 0 Å². The van der Waals surface area contributed by atoms with Gasteiger partial charge in [-0.15, -0.1) is 0 Å². The summed E-state index contributed by atoms with van der Waals surface area (Å²) in [5.74, 6) is 0. The highest BCUT2D eigenvalue weighted by Crippen LogP contribution is 2.50. The summed E-state index contributed by atoms with van der Waals surface area (Å²) in [5.41, 5.74) is 6.75. The van der Waals surface area contributed by atoms with Crippen LogP contribution >= 0.6 is 23.5 Å². The van der Waals surface area contributed by atoms with Gasteiger partial charge in [0.05, 0.1) is 28.1 Å². The summed E-state index contributed by atoms with van der Waals surface area (Å²) in [5, 5.41) is 2.44. The van der Waals surface area contributed by atoms with Crippen molar-refractivity contribution in [3.63, 3.8) is 0 Å². The highest BCUT2D eigenvalue weighted by atomic mass is 32.2. The first-order valence-corrected chi connectivity index (χ1v) is 12.6. The topological polar surface area (TPSA) is 8.17 Å². The lowest BCUT2D eigenvalue weighted by Crippen LogP contribution is -2.19. The van der Waals surface area contributed by atoms with Crippen molar-refractivity contribution in [2.24, 2.45) is 0 Å². The predicted octanol–water partition coefficient (Wildman–Crippen LogP) is 9.27. The van der Waals surface area contributed by atoms with Crippen LogP contribution in [0.2, 0.25) is 0 Å².